The second-order valence-electron chi connectivity index (χ2n) is 10.8. The molecular formula is C38H55NO2. The van der Waals surface area contributed by atoms with Crippen LogP contribution in [0.15, 0.2) is 131 Å². The number of carbonyl (C=O) groups excluding carboxylic acids is 1. The first kappa shape index (κ1) is 37.6. The first-order valence-electron chi connectivity index (χ1n) is 14.7. The summed E-state index contributed by atoms with van der Waals surface area (Å²) in [4.78, 5) is 13.9. The minimum Gasteiger partial charge on any atom is -0.461 e. The lowest BCUT2D eigenvalue weighted by atomic mass is 10.1. The van der Waals surface area contributed by atoms with Gasteiger partial charge in [0.15, 0.2) is 0 Å². The van der Waals surface area contributed by atoms with Crippen molar-refractivity contribution in [3.8, 4) is 0 Å². The first-order valence-corrected chi connectivity index (χ1v) is 14.7. The van der Waals surface area contributed by atoms with Crippen LogP contribution in [0.1, 0.15) is 74.1 Å². The highest BCUT2D eigenvalue weighted by molar-refractivity contribution is 5.69. The Morgan fingerprint density at radius 3 is 1.63 bits per heavy atom. The molecule has 0 rings (SSSR count). The van der Waals surface area contributed by atoms with Crippen LogP contribution in [-0.2, 0) is 9.53 Å². The highest BCUT2D eigenvalue weighted by atomic mass is 16.5. The zero-order valence-electron chi connectivity index (χ0n) is 27.2. The minimum absolute atomic E-state index is 0.117. The van der Waals surface area contributed by atoms with E-state index in [0.717, 1.165) is 31.4 Å². The number of esters is 1. The van der Waals surface area contributed by atoms with Crippen molar-refractivity contribution in [2.24, 2.45) is 0 Å². The van der Waals surface area contributed by atoms with Crippen LogP contribution >= 0.6 is 0 Å². The number of hydrogen-bond donors (Lipinski definition) is 0. The van der Waals surface area contributed by atoms with Crippen LogP contribution < -0.4 is 0 Å². The largest absolute Gasteiger partial charge is 0.461 e. The summed E-state index contributed by atoms with van der Waals surface area (Å²) in [7, 11) is 4.02. The van der Waals surface area contributed by atoms with E-state index in [-0.39, 0.29) is 5.97 Å². The van der Waals surface area contributed by atoms with E-state index in [2.05, 4.69) is 131 Å². The van der Waals surface area contributed by atoms with Crippen LogP contribution in [0.25, 0.3) is 0 Å². The first-order chi connectivity index (χ1) is 19.5. The lowest BCUT2D eigenvalue weighted by molar-refractivity contribution is -0.142. The van der Waals surface area contributed by atoms with E-state index < -0.39 is 0 Å². The molecule has 0 aliphatic carbocycles. The smallest absolute Gasteiger partial charge is 0.306 e. The Morgan fingerprint density at radius 1 is 0.634 bits per heavy atom. The van der Waals surface area contributed by atoms with Gasteiger partial charge in [0.05, 0.1) is 0 Å². The zero-order valence-corrected chi connectivity index (χ0v) is 27.2. The maximum atomic E-state index is 11.8. The Balaban J connectivity index is 4.54. The molecule has 0 bridgehead atoms. The van der Waals surface area contributed by atoms with Gasteiger partial charge in [0.1, 0.15) is 6.61 Å². The quantitative estimate of drug-likeness (QED) is 0.0954. The lowest BCUT2D eigenvalue weighted by Crippen LogP contribution is -2.15. The molecule has 0 N–H and O–H groups in total. The average molecular weight is 558 g/mol. The van der Waals surface area contributed by atoms with Gasteiger partial charge in [-0.05, 0) is 93.9 Å². The van der Waals surface area contributed by atoms with Gasteiger partial charge in [0.25, 0.3) is 0 Å². The molecule has 0 aromatic carbocycles. The second kappa shape index (κ2) is 24.4. The van der Waals surface area contributed by atoms with Crippen LogP contribution in [0, 0.1) is 0 Å². The molecule has 0 fully saturated rings. The summed E-state index contributed by atoms with van der Waals surface area (Å²) in [6.07, 6.45) is 36.9. The van der Waals surface area contributed by atoms with Gasteiger partial charge in [-0.2, -0.15) is 0 Å². The zero-order chi connectivity index (χ0) is 30.9. The molecule has 0 heterocycles. The number of rotatable bonds is 18. The molecule has 224 valence electrons. The molecule has 0 aliphatic heterocycles. The van der Waals surface area contributed by atoms with Crippen molar-refractivity contribution in [2.45, 2.75) is 74.1 Å². The van der Waals surface area contributed by atoms with Gasteiger partial charge in [-0.25, -0.2) is 0 Å². The summed E-state index contributed by atoms with van der Waals surface area (Å²) in [6.45, 7) is 15.9. The summed E-state index contributed by atoms with van der Waals surface area (Å²) < 4.78 is 5.36. The Kier molecular flexibility index (Phi) is 22.3. The normalized spacial score (nSPS) is 15.3. The van der Waals surface area contributed by atoms with Crippen molar-refractivity contribution < 1.29 is 9.53 Å². The number of ether oxygens (including phenoxy) is 1. The number of allylic oxidation sites excluding steroid dienone is 21. The van der Waals surface area contributed by atoms with E-state index in [0.29, 0.717) is 13.0 Å². The maximum Gasteiger partial charge on any atom is 0.306 e. The van der Waals surface area contributed by atoms with Gasteiger partial charge < -0.3 is 9.64 Å². The summed E-state index contributed by atoms with van der Waals surface area (Å²) in [5, 5.41) is 0. The fraction of sp³-hybridized carbons (Fsp3) is 0.395. The van der Waals surface area contributed by atoms with Crippen LogP contribution in [0.2, 0.25) is 0 Å². The third-order valence-corrected chi connectivity index (χ3v) is 5.91. The van der Waals surface area contributed by atoms with Crippen LogP contribution in [-0.4, -0.2) is 38.1 Å². The van der Waals surface area contributed by atoms with Crippen molar-refractivity contribution in [2.75, 3.05) is 27.2 Å². The highest BCUT2D eigenvalue weighted by Gasteiger charge is 2.03. The molecule has 41 heavy (non-hydrogen) atoms. The van der Waals surface area contributed by atoms with E-state index in [1.54, 1.807) is 0 Å². The molecule has 3 nitrogen and oxygen atoms in total. The SMILES string of the molecule is CC=CC(C)=CC=CC(C)=CC=CC=C(C)C=CC=C(C)C=CC=C(C)CCC=C(C)COC(=O)CCCN(C)C. The van der Waals surface area contributed by atoms with Gasteiger partial charge in [0.2, 0.25) is 0 Å². The fourth-order valence-corrected chi connectivity index (χ4v) is 3.46. The molecule has 0 aliphatic rings. The van der Waals surface area contributed by atoms with Crippen LogP contribution in [0.4, 0.5) is 0 Å². The predicted octanol–water partition coefficient (Wildman–Crippen LogP) is 10.1. The minimum atomic E-state index is -0.117. The molecule has 0 saturated heterocycles. The number of nitrogens with zero attached hydrogens (tertiary/aromatic N) is 1. The van der Waals surface area contributed by atoms with E-state index in [1.165, 1.54) is 27.9 Å². The Hall–Kier alpha value is -3.43. The van der Waals surface area contributed by atoms with Gasteiger partial charge in [-0.3, -0.25) is 4.79 Å². The van der Waals surface area contributed by atoms with E-state index >= 15 is 0 Å². The Bertz CT molecular complexity index is 1110. The maximum absolute atomic E-state index is 11.8. The highest BCUT2D eigenvalue weighted by Crippen LogP contribution is 2.09. The molecule has 0 spiro atoms. The van der Waals surface area contributed by atoms with Crippen molar-refractivity contribution in [3.63, 3.8) is 0 Å². The number of carbonyl (C=O) groups is 1. The molecule has 0 aromatic rings. The summed E-state index contributed by atoms with van der Waals surface area (Å²) in [6, 6.07) is 0. The molecule has 0 aromatic heterocycles. The van der Waals surface area contributed by atoms with Crippen molar-refractivity contribution >= 4 is 5.97 Å². The van der Waals surface area contributed by atoms with Crippen LogP contribution in [0.3, 0.4) is 0 Å². The van der Waals surface area contributed by atoms with Crippen LogP contribution in [0.5, 0.6) is 0 Å². The van der Waals surface area contributed by atoms with E-state index in [9.17, 15) is 4.79 Å². The Morgan fingerprint density at radius 2 is 1.12 bits per heavy atom. The van der Waals surface area contributed by atoms with Gasteiger partial charge in [-0.15, -0.1) is 0 Å². The van der Waals surface area contributed by atoms with Crippen molar-refractivity contribution in [1.82, 2.24) is 4.90 Å². The van der Waals surface area contributed by atoms with E-state index in [1.807, 2.05) is 34.0 Å². The molecule has 0 atom stereocenters. The molecule has 0 unspecified atom stereocenters. The standard InChI is InChI=1S/C38H55NO2/c1-10-18-32(2)21-13-22-33(3)19-11-12-20-34(4)23-14-24-35(5)25-15-26-36(6)27-16-28-37(7)31-41-38(40)29-17-30-39(8)9/h10-15,18-26,28H,16-17,27,29-31H2,1-9H3. The molecule has 0 radical (unpaired) electrons. The monoisotopic (exact) mass is 557 g/mol. The van der Waals surface area contributed by atoms with Crippen molar-refractivity contribution in [3.05, 3.63) is 131 Å². The third-order valence-electron chi connectivity index (χ3n) is 5.91. The summed E-state index contributed by atoms with van der Waals surface area (Å²) in [5.74, 6) is -0.117. The van der Waals surface area contributed by atoms with Crippen molar-refractivity contribution in [1.29, 1.82) is 0 Å². The van der Waals surface area contributed by atoms with E-state index in [4.69, 9.17) is 4.74 Å². The fourth-order valence-electron chi connectivity index (χ4n) is 3.46. The number of hydrogen-bond acceptors (Lipinski definition) is 3. The van der Waals surface area contributed by atoms with Gasteiger partial charge >= 0.3 is 5.97 Å². The van der Waals surface area contributed by atoms with Gasteiger partial charge in [0, 0.05) is 6.42 Å². The summed E-state index contributed by atoms with van der Waals surface area (Å²) in [5.41, 5.74) is 7.25. The molecule has 0 amide bonds. The Labute approximate surface area is 252 Å². The second-order valence-corrected chi connectivity index (χ2v) is 10.8. The molecular weight excluding hydrogens is 502 g/mol. The van der Waals surface area contributed by atoms with Gasteiger partial charge in [-0.1, -0.05) is 125 Å². The summed E-state index contributed by atoms with van der Waals surface area (Å²) >= 11 is 0. The molecule has 0 saturated carbocycles. The third kappa shape index (κ3) is 25.3. The topological polar surface area (TPSA) is 29.5 Å². The predicted molar refractivity (Wildman–Crippen MR) is 182 cm³/mol. The average Bonchev–Trinajstić information content (AvgIpc) is 2.90. The molecule has 3 heteroatoms. The lowest BCUT2D eigenvalue weighted by Gasteiger charge is -2.09.